The summed E-state index contributed by atoms with van der Waals surface area (Å²) in [6.45, 7) is 5.80. The lowest BCUT2D eigenvalue weighted by atomic mass is 10.0. The number of aryl methyl sites for hydroxylation is 1. The molecule has 1 aliphatic rings. The maximum absolute atomic E-state index is 12.7. The quantitative estimate of drug-likeness (QED) is 0.743. The molecular formula is C23H25N3O2. The van der Waals surface area contributed by atoms with Crippen LogP contribution in [0, 0.1) is 6.92 Å². The van der Waals surface area contributed by atoms with Gasteiger partial charge in [0.25, 0.3) is 5.91 Å². The van der Waals surface area contributed by atoms with Crippen molar-refractivity contribution in [2.75, 3.05) is 32.8 Å². The van der Waals surface area contributed by atoms with Crippen LogP contribution < -0.4 is 5.32 Å². The molecular weight excluding hydrogens is 350 g/mol. The first kappa shape index (κ1) is 18.6. The minimum Gasteiger partial charge on any atom is -0.379 e. The van der Waals surface area contributed by atoms with E-state index >= 15 is 0 Å². The van der Waals surface area contributed by atoms with Gasteiger partial charge in [-0.3, -0.25) is 9.69 Å². The average Bonchev–Trinajstić information content (AvgIpc) is 2.75. The van der Waals surface area contributed by atoms with Gasteiger partial charge >= 0.3 is 0 Å². The van der Waals surface area contributed by atoms with Crippen LogP contribution >= 0.6 is 0 Å². The highest BCUT2D eigenvalue weighted by Gasteiger charge is 2.23. The number of para-hydroxylation sites is 1. The number of morpholine rings is 1. The van der Waals surface area contributed by atoms with Crippen LogP contribution in [-0.2, 0) is 4.74 Å². The standard InChI is InChI=1S/C23H25N3O2/c1-17-6-8-19(9-7-17)22(26-12-14-28-15-13-26)16-24-23(27)21-11-10-18-4-2-3-5-20(18)25-21/h2-11,22H,12-16H2,1H3,(H,24,27). The van der Waals surface area contributed by atoms with Crippen molar-refractivity contribution >= 4 is 16.8 Å². The van der Waals surface area contributed by atoms with Crippen molar-refractivity contribution in [3.05, 3.63) is 77.5 Å². The van der Waals surface area contributed by atoms with Gasteiger partial charge in [-0.25, -0.2) is 4.98 Å². The van der Waals surface area contributed by atoms with Gasteiger partial charge in [0.2, 0.25) is 0 Å². The minimum atomic E-state index is -0.142. The smallest absolute Gasteiger partial charge is 0.269 e. The molecule has 1 aliphatic heterocycles. The topological polar surface area (TPSA) is 54.5 Å². The minimum absolute atomic E-state index is 0.119. The molecule has 0 aliphatic carbocycles. The number of fused-ring (bicyclic) bond motifs is 1. The highest BCUT2D eigenvalue weighted by atomic mass is 16.5. The zero-order valence-corrected chi connectivity index (χ0v) is 16.1. The number of nitrogens with one attached hydrogen (secondary N) is 1. The van der Waals surface area contributed by atoms with Gasteiger partial charge in [-0.15, -0.1) is 0 Å². The van der Waals surface area contributed by atoms with Crippen LogP contribution in [0.3, 0.4) is 0 Å². The molecule has 3 aromatic rings. The summed E-state index contributed by atoms with van der Waals surface area (Å²) in [6, 6.07) is 20.2. The monoisotopic (exact) mass is 375 g/mol. The molecule has 1 unspecified atom stereocenters. The van der Waals surface area contributed by atoms with E-state index in [1.165, 1.54) is 11.1 Å². The third-order valence-corrected chi connectivity index (χ3v) is 5.24. The van der Waals surface area contributed by atoms with Crippen molar-refractivity contribution in [3.63, 3.8) is 0 Å². The molecule has 1 saturated heterocycles. The fourth-order valence-electron chi connectivity index (χ4n) is 3.61. The maximum atomic E-state index is 12.7. The molecule has 4 rings (SSSR count). The molecule has 2 aromatic carbocycles. The Bertz CT molecular complexity index is 949. The van der Waals surface area contributed by atoms with Crippen molar-refractivity contribution in [2.45, 2.75) is 13.0 Å². The van der Waals surface area contributed by atoms with E-state index in [-0.39, 0.29) is 11.9 Å². The SMILES string of the molecule is Cc1ccc(C(CNC(=O)c2ccc3ccccc3n2)N2CCOCC2)cc1. The molecule has 144 valence electrons. The first-order chi connectivity index (χ1) is 13.7. The van der Waals surface area contributed by atoms with Gasteiger partial charge < -0.3 is 10.1 Å². The molecule has 0 spiro atoms. The Morgan fingerprint density at radius 1 is 1.07 bits per heavy atom. The molecule has 0 bridgehead atoms. The summed E-state index contributed by atoms with van der Waals surface area (Å²) in [7, 11) is 0. The Kier molecular flexibility index (Phi) is 5.65. The Labute approximate surface area is 165 Å². The van der Waals surface area contributed by atoms with Gasteiger partial charge in [0, 0.05) is 25.0 Å². The number of aromatic nitrogens is 1. The molecule has 5 nitrogen and oxygen atoms in total. The van der Waals surface area contributed by atoms with E-state index < -0.39 is 0 Å². The lowest BCUT2D eigenvalue weighted by Gasteiger charge is -2.35. The van der Waals surface area contributed by atoms with Gasteiger partial charge in [0.1, 0.15) is 5.69 Å². The Morgan fingerprint density at radius 2 is 1.82 bits per heavy atom. The van der Waals surface area contributed by atoms with Crippen LogP contribution in [0.5, 0.6) is 0 Å². The lowest BCUT2D eigenvalue weighted by molar-refractivity contribution is 0.0162. The Hall–Kier alpha value is -2.76. The van der Waals surface area contributed by atoms with E-state index in [1.807, 2.05) is 30.3 Å². The van der Waals surface area contributed by atoms with Gasteiger partial charge in [-0.1, -0.05) is 54.1 Å². The number of hydrogen-bond acceptors (Lipinski definition) is 4. The van der Waals surface area contributed by atoms with E-state index in [0.717, 1.165) is 37.2 Å². The summed E-state index contributed by atoms with van der Waals surface area (Å²) in [4.78, 5) is 19.6. The normalized spacial score (nSPS) is 16.0. The maximum Gasteiger partial charge on any atom is 0.269 e. The number of benzene rings is 2. The average molecular weight is 375 g/mol. The number of pyridine rings is 1. The van der Waals surface area contributed by atoms with Crippen molar-refractivity contribution < 1.29 is 9.53 Å². The molecule has 1 N–H and O–H groups in total. The molecule has 1 aromatic heterocycles. The summed E-state index contributed by atoms with van der Waals surface area (Å²) >= 11 is 0. The number of rotatable bonds is 5. The summed E-state index contributed by atoms with van der Waals surface area (Å²) in [5, 5.41) is 4.12. The number of carbonyl (C=O) groups is 1. The predicted molar refractivity (Wildman–Crippen MR) is 110 cm³/mol. The molecule has 28 heavy (non-hydrogen) atoms. The first-order valence-corrected chi connectivity index (χ1v) is 9.73. The second-order valence-corrected chi connectivity index (χ2v) is 7.17. The molecule has 0 saturated carbocycles. The van der Waals surface area contributed by atoms with Gasteiger partial charge in [0.05, 0.1) is 24.8 Å². The Balaban J connectivity index is 1.50. The zero-order chi connectivity index (χ0) is 19.3. The molecule has 1 atom stereocenters. The van der Waals surface area contributed by atoms with E-state index in [9.17, 15) is 4.79 Å². The van der Waals surface area contributed by atoms with Crippen LogP contribution in [0.25, 0.3) is 10.9 Å². The van der Waals surface area contributed by atoms with Crippen LogP contribution in [-0.4, -0.2) is 48.6 Å². The summed E-state index contributed by atoms with van der Waals surface area (Å²) in [5.41, 5.74) is 3.72. The highest BCUT2D eigenvalue weighted by Crippen LogP contribution is 2.22. The van der Waals surface area contributed by atoms with Gasteiger partial charge in [-0.05, 0) is 24.6 Å². The van der Waals surface area contributed by atoms with Crippen molar-refractivity contribution in [3.8, 4) is 0 Å². The molecule has 5 heteroatoms. The second-order valence-electron chi connectivity index (χ2n) is 7.17. The fourth-order valence-corrected chi connectivity index (χ4v) is 3.61. The molecule has 1 amide bonds. The van der Waals surface area contributed by atoms with Crippen molar-refractivity contribution in [2.24, 2.45) is 0 Å². The van der Waals surface area contributed by atoms with E-state index in [2.05, 4.69) is 46.4 Å². The predicted octanol–water partition coefficient (Wildman–Crippen LogP) is 3.35. The molecule has 2 heterocycles. The van der Waals surface area contributed by atoms with Crippen LogP contribution in [0.4, 0.5) is 0 Å². The second kappa shape index (κ2) is 8.50. The molecule has 1 fully saturated rings. The van der Waals surface area contributed by atoms with Crippen molar-refractivity contribution in [1.29, 1.82) is 0 Å². The number of carbonyl (C=O) groups excluding carboxylic acids is 1. The zero-order valence-electron chi connectivity index (χ0n) is 16.1. The van der Waals surface area contributed by atoms with E-state index in [0.29, 0.717) is 12.2 Å². The lowest BCUT2D eigenvalue weighted by Crippen LogP contribution is -2.43. The van der Waals surface area contributed by atoms with E-state index in [4.69, 9.17) is 4.74 Å². The van der Waals surface area contributed by atoms with Gasteiger partial charge in [0.15, 0.2) is 0 Å². The largest absolute Gasteiger partial charge is 0.379 e. The van der Waals surface area contributed by atoms with Crippen LogP contribution in [0.15, 0.2) is 60.7 Å². The fraction of sp³-hybridized carbons (Fsp3) is 0.304. The van der Waals surface area contributed by atoms with E-state index in [1.54, 1.807) is 6.07 Å². The first-order valence-electron chi connectivity index (χ1n) is 9.73. The number of hydrogen-bond donors (Lipinski definition) is 1. The number of ether oxygens (including phenoxy) is 1. The van der Waals surface area contributed by atoms with Crippen LogP contribution in [0.2, 0.25) is 0 Å². The summed E-state index contributed by atoms with van der Waals surface area (Å²) in [5.74, 6) is -0.142. The third kappa shape index (κ3) is 4.21. The third-order valence-electron chi connectivity index (χ3n) is 5.24. The number of amides is 1. The molecule has 0 radical (unpaired) electrons. The van der Waals surface area contributed by atoms with Gasteiger partial charge in [-0.2, -0.15) is 0 Å². The number of nitrogens with zero attached hydrogens (tertiary/aromatic N) is 2. The van der Waals surface area contributed by atoms with Crippen molar-refractivity contribution in [1.82, 2.24) is 15.2 Å². The summed E-state index contributed by atoms with van der Waals surface area (Å²) in [6.07, 6.45) is 0. The highest BCUT2D eigenvalue weighted by molar-refractivity contribution is 5.94. The van der Waals surface area contributed by atoms with Crippen LogP contribution in [0.1, 0.15) is 27.7 Å². The summed E-state index contributed by atoms with van der Waals surface area (Å²) < 4.78 is 5.50. The Morgan fingerprint density at radius 3 is 2.61 bits per heavy atom.